The van der Waals surface area contributed by atoms with E-state index in [0.717, 1.165) is 12.0 Å². The van der Waals surface area contributed by atoms with Crippen molar-refractivity contribution in [1.82, 2.24) is 0 Å². The monoisotopic (exact) mass is 140 g/mol. The Morgan fingerprint density at radius 2 is 2.30 bits per heavy atom. The van der Waals surface area contributed by atoms with Crippen molar-refractivity contribution in [2.24, 2.45) is 0 Å². The largest absolute Gasteiger partial charge is 0.388 e. The van der Waals surface area contributed by atoms with Crippen LogP contribution < -0.4 is 0 Å². The normalized spacial score (nSPS) is 14.9. The summed E-state index contributed by atoms with van der Waals surface area (Å²) < 4.78 is 0. The van der Waals surface area contributed by atoms with Crippen LogP contribution in [0.2, 0.25) is 0 Å². The van der Waals surface area contributed by atoms with Crippen molar-refractivity contribution >= 4 is 0 Å². The lowest BCUT2D eigenvalue weighted by atomic mass is 10.1. The molecular formula is C9H16O. The van der Waals surface area contributed by atoms with Gasteiger partial charge in [0.05, 0.1) is 6.10 Å². The van der Waals surface area contributed by atoms with Crippen LogP contribution in [0, 0.1) is 0 Å². The van der Waals surface area contributed by atoms with E-state index in [2.05, 4.69) is 13.5 Å². The molecule has 10 heavy (non-hydrogen) atoms. The predicted molar refractivity (Wildman–Crippen MR) is 44.9 cm³/mol. The molecule has 0 saturated heterocycles. The Hall–Kier alpha value is -0.560. The van der Waals surface area contributed by atoms with Gasteiger partial charge in [-0.2, -0.15) is 0 Å². The summed E-state index contributed by atoms with van der Waals surface area (Å²) in [5.74, 6) is 0. The molecule has 1 heteroatoms. The lowest BCUT2D eigenvalue weighted by molar-refractivity contribution is 0.214. The van der Waals surface area contributed by atoms with Crippen molar-refractivity contribution in [2.75, 3.05) is 0 Å². The quantitative estimate of drug-likeness (QED) is 0.594. The molecule has 0 aliphatic heterocycles. The third-order valence-corrected chi connectivity index (χ3v) is 1.44. The molecular weight excluding hydrogens is 124 g/mol. The molecule has 0 saturated carbocycles. The van der Waals surface area contributed by atoms with Gasteiger partial charge in [0.2, 0.25) is 0 Å². The van der Waals surface area contributed by atoms with Gasteiger partial charge in [0, 0.05) is 0 Å². The molecule has 0 rings (SSSR count). The minimum atomic E-state index is -0.322. The molecule has 0 heterocycles. The number of rotatable bonds is 4. The zero-order valence-corrected chi connectivity index (χ0v) is 6.80. The first-order valence-electron chi connectivity index (χ1n) is 3.68. The van der Waals surface area contributed by atoms with Gasteiger partial charge in [-0.1, -0.05) is 19.1 Å². The minimum absolute atomic E-state index is 0.322. The second-order valence-corrected chi connectivity index (χ2v) is 2.40. The maximum atomic E-state index is 9.31. The van der Waals surface area contributed by atoms with Crippen molar-refractivity contribution in [3.05, 3.63) is 24.3 Å². The average Bonchev–Trinajstić information content (AvgIpc) is 1.89. The van der Waals surface area contributed by atoms with Crippen LogP contribution >= 0.6 is 0 Å². The van der Waals surface area contributed by atoms with Crippen LogP contribution in [0.25, 0.3) is 0 Å². The van der Waals surface area contributed by atoms with Crippen LogP contribution in [0.3, 0.4) is 0 Å². The second kappa shape index (κ2) is 5.24. The average molecular weight is 140 g/mol. The summed E-state index contributed by atoms with van der Waals surface area (Å²) >= 11 is 0. The van der Waals surface area contributed by atoms with Gasteiger partial charge in [-0.05, 0) is 25.3 Å². The van der Waals surface area contributed by atoms with Crippen molar-refractivity contribution in [1.29, 1.82) is 0 Å². The number of aliphatic hydroxyl groups excluding tert-OH is 1. The first kappa shape index (κ1) is 9.44. The number of hydrogen-bond donors (Lipinski definition) is 1. The fourth-order valence-electron chi connectivity index (χ4n) is 0.802. The Balaban J connectivity index is 3.79. The first-order chi connectivity index (χ1) is 4.72. The molecule has 0 amide bonds. The molecule has 0 bridgehead atoms. The summed E-state index contributed by atoms with van der Waals surface area (Å²) in [5, 5.41) is 9.31. The van der Waals surface area contributed by atoms with Crippen LogP contribution in [0.4, 0.5) is 0 Å². The second-order valence-electron chi connectivity index (χ2n) is 2.40. The third kappa shape index (κ3) is 3.46. The summed E-state index contributed by atoms with van der Waals surface area (Å²) in [6.45, 7) is 7.56. The Morgan fingerprint density at radius 3 is 2.70 bits per heavy atom. The molecule has 1 unspecified atom stereocenters. The molecule has 0 spiro atoms. The Labute approximate surface area is 63.1 Å². The highest BCUT2D eigenvalue weighted by molar-refractivity contribution is 5.05. The molecule has 0 aromatic rings. The van der Waals surface area contributed by atoms with Crippen LogP contribution in [-0.4, -0.2) is 11.2 Å². The van der Waals surface area contributed by atoms with E-state index < -0.39 is 0 Å². The van der Waals surface area contributed by atoms with Gasteiger partial charge < -0.3 is 5.11 Å². The molecule has 0 aromatic carbocycles. The van der Waals surface area contributed by atoms with E-state index in [4.69, 9.17) is 0 Å². The lowest BCUT2D eigenvalue weighted by Crippen LogP contribution is -2.05. The van der Waals surface area contributed by atoms with Crippen molar-refractivity contribution < 1.29 is 5.11 Å². The van der Waals surface area contributed by atoms with E-state index in [1.165, 1.54) is 0 Å². The first-order valence-corrected chi connectivity index (χ1v) is 3.68. The lowest BCUT2D eigenvalue weighted by Gasteiger charge is -2.06. The number of hydrogen-bond acceptors (Lipinski definition) is 1. The standard InChI is InChI=1S/C9H16O/c1-4-6-8(3)9(10)7-5-2/h5-6,9-10H,2,4,7H2,1,3H3. The van der Waals surface area contributed by atoms with Gasteiger partial charge in [0.15, 0.2) is 0 Å². The van der Waals surface area contributed by atoms with Gasteiger partial charge in [-0.15, -0.1) is 6.58 Å². The maximum absolute atomic E-state index is 9.31. The van der Waals surface area contributed by atoms with Gasteiger partial charge in [-0.3, -0.25) is 0 Å². The van der Waals surface area contributed by atoms with Crippen LogP contribution in [0.15, 0.2) is 24.3 Å². The molecule has 1 nitrogen and oxygen atoms in total. The zero-order chi connectivity index (χ0) is 7.98. The maximum Gasteiger partial charge on any atom is 0.0781 e. The highest BCUT2D eigenvalue weighted by Crippen LogP contribution is 2.06. The summed E-state index contributed by atoms with van der Waals surface area (Å²) in [7, 11) is 0. The highest BCUT2D eigenvalue weighted by atomic mass is 16.3. The summed E-state index contributed by atoms with van der Waals surface area (Å²) in [6.07, 6.45) is 5.09. The van der Waals surface area contributed by atoms with E-state index in [-0.39, 0.29) is 6.10 Å². The molecule has 58 valence electrons. The summed E-state index contributed by atoms with van der Waals surface area (Å²) in [6, 6.07) is 0. The van der Waals surface area contributed by atoms with Crippen molar-refractivity contribution in [2.45, 2.75) is 32.8 Å². The fraction of sp³-hybridized carbons (Fsp3) is 0.556. The molecule has 0 radical (unpaired) electrons. The van der Waals surface area contributed by atoms with E-state index in [9.17, 15) is 5.11 Å². The molecule has 0 aromatic heterocycles. The third-order valence-electron chi connectivity index (χ3n) is 1.44. The van der Waals surface area contributed by atoms with Crippen molar-refractivity contribution in [3.63, 3.8) is 0 Å². The van der Waals surface area contributed by atoms with Crippen molar-refractivity contribution in [3.8, 4) is 0 Å². The van der Waals surface area contributed by atoms with Gasteiger partial charge >= 0.3 is 0 Å². The number of aliphatic hydroxyl groups is 1. The van der Waals surface area contributed by atoms with Crippen LogP contribution in [0.5, 0.6) is 0 Å². The zero-order valence-electron chi connectivity index (χ0n) is 6.80. The van der Waals surface area contributed by atoms with Crippen LogP contribution in [-0.2, 0) is 0 Å². The molecule has 0 aliphatic carbocycles. The molecule has 0 aliphatic rings. The van der Waals surface area contributed by atoms with Gasteiger partial charge in [0.25, 0.3) is 0 Å². The van der Waals surface area contributed by atoms with E-state index in [1.54, 1.807) is 6.08 Å². The van der Waals surface area contributed by atoms with E-state index in [0.29, 0.717) is 6.42 Å². The van der Waals surface area contributed by atoms with Gasteiger partial charge in [-0.25, -0.2) is 0 Å². The Kier molecular flexibility index (Phi) is 4.95. The topological polar surface area (TPSA) is 20.2 Å². The van der Waals surface area contributed by atoms with E-state index >= 15 is 0 Å². The Morgan fingerprint density at radius 1 is 1.70 bits per heavy atom. The summed E-state index contributed by atoms with van der Waals surface area (Å²) in [5.41, 5.74) is 1.04. The minimum Gasteiger partial charge on any atom is -0.388 e. The smallest absolute Gasteiger partial charge is 0.0781 e. The SMILES string of the molecule is C=CCC(O)C(C)=CCC. The molecule has 0 fully saturated rings. The van der Waals surface area contributed by atoms with Crippen LogP contribution in [0.1, 0.15) is 26.7 Å². The molecule has 1 N–H and O–H groups in total. The predicted octanol–water partition coefficient (Wildman–Crippen LogP) is 2.28. The van der Waals surface area contributed by atoms with E-state index in [1.807, 2.05) is 13.0 Å². The van der Waals surface area contributed by atoms with Gasteiger partial charge in [0.1, 0.15) is 0 Å². The highest BCUT2D eigenvalue weighted by Gasteiger charge is 2.01. The molecule has 1 atom stereocenters. The number of allylic oxidation sites excluding steroid dienone is 1. The fourth-order valence-corrected chi connectivity index (χ4v) is 0.802. The Bertz CT molecular complexity index is 125. The summed E-state index contributed by atoms with van der Waals surface area (Å²) in [4.78, 5) is 0.